The van der Waals surface area contributed by atoms with Crippen LogP contribution >= 0.6 is 11.3 Å². The molecule has 1 aliphatic rings. The lowest BCUT2D eigenvalue weighted by molar-refractivity contribution is -0.137. The highest BCUT2D eigenvalue weighted by Crippen LogP contribution is 2.38. The van der Waals surface area contributed by atoms with Gasteiger partial charge in [-0.2, -0.15) is 17.5 Å². The zero-order chi connectivity index (χ0) is 19.9. The molecule has 1 saturated heterocycles. The lowest BCUT2D eigenvalue weighted by Gasteiger charge is -2.22. The van der Waals surface area contributed by atoms with Crippen molar-refractivity contribution in [2.75, 3.05) is 6.54 Å². The van der Waals surface area contributed by atoms with Gasteiger partial charge in [-0.15, -0.1) is 21.5 Å². The van der Waals surface area contributed by atoms with Gasteiger partial charge in [0.25, 0.3) is 5.89 Å². The third-order valence-electron chi connectivity index (χ3n) is 4.43. The topological polar surface area (TPSA) is 76.3 Å². The molecule has 1 fully saturated rings. The van der Waals surface area contributed by atoms with Crippen molar-refractivity contribution in [3.05, 3.63) is 53.2 Å². The third-order valence-corrected chi connectivity index (χ3v) is 7.19. The largest absolute Gasteiger partial charge is 0.418 e. The molecule has 6 nitrogen and oxygen atoms in total. The Kier molecular flexibility index (Phi) is 4.76. The summed E-state index contributed by atoms with van der Waals surface area (Å²) in [7, 11) is -4.16. The van der Waals surface area contributed by atoms with Gasteiger partial charge in [-0.05, 0) is 42.5 Å². The molecule has 0 amide bonds. The molecule has 1 aromatic carbocycles. The Labute approximate surface area is 162 Å². The van der Waals surface area contributed by atoms with E-state index in [1.165, 1.54) is 11.3 Å². The summed E-state index contributed by atoms with van der Waals surface area (Å²) in [4.78, 5) is 0.344. The molecule has 1 atom stereocenters. The first-order valence-corrected chi connectivity index (χ1v) is 10.7. The summed E-state index contributed by atoms with van der Waals surface area (Å²) in [5.74, 6) is 0.421. The smallest absolute Gasteiger partial charge is 0.416 e. The Morgan fingerprint density at radius 3 is 2.71 bits per heavy atom. The van der Waals surface area contributed by atoms with E-state index in [4.69, 9.17) is 4.42 Å². The summed E-state index contributed by atoms with van der Waals surface area (Å²) in [6.45, 7) is 0.167. The van der Waals surface area contributed by atoms with Crippen molar-refractivity contribution in [1.29, 1.82) is 0 Å². The number of thiophene rings is 1. The van der Waals surface area contributed by atoms with Crippen molar-refractivity contribution in [3.63, 3.8) is 0 Å². The summed E-state index contributed by atoms with van der Waals surface area (Å²) in [6, 6.07) is 6.65. The molecule has 0 bridgehead atoms. The number of sulfonamides is 1. The summed E-state index contributed by atoms with van der Waals surface area (Å²) >= 11 is 1.40. The van der Waals surface area contributed by atoms with Crippen molar-refractivity contribution >= 4 is 21.4 Å². The Morgan fingerprint density at radius 2 is 2.00 bits per heavy atom. The lowest BCUT2D eigenvalue weighted by atomic mass is 10.2. The highest BCUT2D eigenvalue weighted by molar-refractivity contribution is 7.89. The highest BCUT2D eigenvalue weighted by atomic mass is 32.2. The van der Waals surface area contributed by atoms with E-state index in [9.17, 15) is 21.6 Å². The quantitative estimate of drug-likeness (QED) is 0.617. The molecule has 0 spiro atoms. The van der Waals surface area contributed by atoms with E-state index in [0.29, 0.717) is 18.9 Å². The predicted molar refractivity (Wildman–Crippen MR) is 94.9 cm³/mol. The lowest BCUT2D eigenvalue weighted by Crippen LogP contribution is -2.31. The van der Waals surface area contributed by atoms with Gasteiger partial charge in [-0.3, -0.25) is 0 Å². The van der Waals surface area contributed by atoms with Gasteiger partial charge in [0, 0.05) is 6.54 Å². The Bertz CT molecular complexity index is 1080. The normalized spacial score (nSPS) is 18.6. The minimum Gasteiger partial charge on any atom is -0.418 e. The standard InChI is InChI=1S/C17H14F3N3O3S2/c18-17(19,20)11-4-1-5-12(10-11)28(24,25)23-8-2-6-13(23)15-21-22-16(26-15)14-7-3-9-27-14/h1,3-5,7,9-10,13H,2,6,8H2/t13-/m1/s1. The summed E-state index contributed by atoms with van der Waals surface area (Å²) < 4.78 is 71.7. The van der Waals surface area contributed by atoms with Gasteiger partial charge in [0.15, 0.2) is 0 Å². The number of hydrogen-bond donors (Lipinski definition) is 0. The zero-order valence-electron chi connectivity index (χ0n) is 14.3. The van der Waals surface area contributed by atoms with Crippen LogP contribution in [-0.4, -0.2) is 29.5 Å². The molecule has 3 aromatic rings. The number of alkyl halides is 3. The molecule has 0 radical (unpaired) electrons. The molecular formula is C17H14F3N3O3S2. The van der Waals surface area contributed by atoms with Crippen LogP contribution in [0.5, 0.6) is 0 Å². The van der Waals surface area contributed by atoms with Crippen molar-refractivity contribution in [3.8, 4) is 10.8 Å². The second kappa shape index (κ2) is 6.98. The van der Waals surface area contributed by atoms with E-state index in [0.717, 1.165) is 27.4 Å². The van der Waals surface area contributed by atoms with Crippen molar-refractivity contribution < 1.29 is 26.0 Å². The van der Waals surface area contributed by atoms with Gasteiger partial charge in [0.05, 0.1) is 15.3 Å². The minimum absolute atomic E-state index is 0.136. The molecule has 28 heavy (non-hydrogen) atoms. The van der Waals surface area contributed by atoms with Crippen molar-refractivity contribution in [2.24, 2.45) is 0 Å². The molecule has 0 unspecified atom stereocenters. The van der Waals surface area contributed by atoms with Crippen LogP contribution in [-0.2, 0) is 16.2 Å². The molecule has 148 valence electrons. The van der Waals surface area contributed by atoms with Crippen LogP contribution in [0.4, 0.5) is 13.2 Å². The van der Waals surface area contributed by atoms with Crippen LogP contribution in [0.25, 0.3) is 10.8 Å². The first-order valence-electron chi connectivity index (χ1n) is 8.33. The molecular weight excluding hydrogens is 415 g/mol. The Morgan fingerprint density at radius 1 is 1.18 bits per heavy atom. The fourth-order valence-electron chi connectivity index (χ4n) is 3.11. The SMILES string of the molecule is O=S(=O)(c1cccc(C(F)(F)F)c1)N1CCC[C@@H]1c1nnc(-c2cccs2)o1. The second-order valence-electron chi connectivity index (χ2n) is 6.22. The minimum atomic E-state index is -4.63. The number of rotatable bonds is 4. The number of nitrogens with zero attached hydrogens (tertiary/aromatic N) is 3. The molecule has 0 N–H and O–H groups in total. The van der Waals surface area contributed by atoms with Gasteiger partial charge < -0.3 is 4.42 Å². The summed E-state index contributed by atoms with van der Waals surface area (Å²) in [5, 5.41) is 9.78. The maximum atomic E-state index is 13.0. The fraction of sp³-hybridized carbons (Fsp3) is 0.294. The molecule has 1 aliphatic heterocycles. The van der Waals surface area contributed by atoms with E-state index in [1.807, 2.05) is 11.4 Å². The van der Waals surface area contributed by atoms with Gasteiger partial charge in [-0.25, -0.2) is 8.42 Å². The van der Waals surface area contributed by atoms with Crippen molar-refractivity contribution in [2.45, 2.75) is 30.0 Å². The van der Waals surface area contributed by atoms with Gasteiger partial charge in [-0.1, -0.05) is 12.1 Å². The molecule has 11 heteroatoms. The highest BCUT2D eigenvalue weighted by Gasteiger charge is 2.40. The number of benzene rings is 1. The van der Waals surface area contributed by atoms with E-state index >= 15 is 0 Å². The molecule has 0 aliphatic carbocycles. The fourth-order valence-corrected chi connectivity index (χ4v) is 5.45. The average molecular weight is 429 g/mol. The zero-order valence-corrected chi connectivity index (χ0v) is 15.9. The maximum Gasteiger partial charge on any atom is 0.416 e. The van der Waals surface area contributed by atoms with Crippen LogP contribution in [0.3, 0.4) is 0 Å². The number of hydrogen-bond acceptors (Lipinski definition) is 6. The van der Waals surface area contributed by atoms with Gasteiger partial charge in [0.1, 0.15) is 6.04 Å². The number of aromatic nitrogens is 2. The van der Waals surface area contributed by atoms with Crippen LogP contribution < -0.4 is 0 Å². The Hall–Kier alpha value is -2.24. The molecule has 0 saturated carbocycles. The first kappa shape index (κ1) is 19.1. The van der Waals surface area contributed by atoms with Crippen LogP contribution in [0, 0.1) is 0 Å². The Balaban J connectivity index is 1.66. The van der Waals surface area contributed by atoms with E-state index in [-0.39, 0.29) is 18.3 Å². The van der Waals surface area contributed by atoms with Gasteiger partial charge in [0.2, 0.25) is 15.9 Å². The number of halogens is 3. The first-order chi connectivity index (χ1) is 13.3. The van der Waals surface area contributed by atoms with Crippen LogP contribution in [0.1, 0.15) is 30.3 Å². The summed E-state index contributed by atoms with van der Waals surface area (Å²) in [5.41, 5.74) is -1.01. The van der Waals surface area contributed by atoms with Crippen LogP contribution in [0.15, 0.2) is 51.1 Å². The van der Waals surface area contributed by atoms with E-state index in [2.05, 4.69) is 10.2 Å². The maximum absolute atomic E-state index is 13.0. The third kappa shape index (κ3) is 3.45. The summed E-state index contributed by atoms with van der Waals surface area (Å²) in [6.07, 6.45) is -3.64. The van der Waals surface area contributed by atoms with Crippen molar-refractivity contribution in [1.82, 2.24) is 14.5 Å². The van der Waals surface area contributed by atoms with E-state index < -0.39 is 32.7 Å². The average Bonchev–Trinajstić information content (AvgIpc) is 3.40. The predicted octanol–water partition coefficient (Wildman–Crippen LogP) is 4.34. The molecule has 3 heterocycles. The monoisotopic (exact) mass is 429 g/mol. The molecule has 2 aromatic heterocycles. The second-order valence-corrected chi connectivity index (χ2v) is 9.06. The molecule has 4 rings (SSSR count). The van der Waals surface area contributed by atoms with Gasteiger partial charge >= 0.3 is 6.18 Å². The van der Waals surface area contributed by atoms with Crippen LogP contribution in [0.2, 0.25) is 0 Å². The van der Waals surface area contributed by atoms with E-state index in [1.54, 1.807) is 6.07 Å².